The summed E-state index contributed by atoms with van der Waals surface area (Å²) in [6, 6.07) is 2.68. The number of hydrogen-bond acceptors (Lipinski definition) is 4. The van der Waals surface area contributed by atoms with Gasteiger partial charge in [-0.2, -0.15) is 0 Å². The van der Waals surface area contributed by atoms with Gasteiger partial charge in [0, 0.05) is 30.1 Å². The summed E-state index contributed by atoms with van der Waals surface area (Å²) in [6.07, 6.45) is 3.64. The first-order valence-electron chi connectivity index (χ1n) is 9.67. The summed E-state index contributed by atoms with van der Waals surface area (Å²) >= 11 is 12.4. The zero-order chi connectivity index (χ0) is 21.2. The predicted octanol–water partition coefficient (Wildman–Crippen LogP) is 3.46. The number of methoxy groups -OCH3 is 1. The standard InChI is InChI=1S/C20H25Cl2N3O4/c1-29-17-14(10-13(21)11-15(17)22)12-3-8-25(9-4-12)16(26)2-5-20(6-7-20)18(27)24-19(23)28/h10-12H,2-9H2,1H3,(H3,23,24,27,28). The van der Waals surface area contributed by atoms with E-state index in [1.807, 2.05) is 11.0 Å². The number of nitrogens with two attached hydrogens (primary N) is 1. The van der Waals surface area contributed by atoms with Crippen LogP contribution in [0.4, 0.5) is 4.79 Å². The summed E-state index contributed by atoms with van der Waals surface area (Å²) in [5.41, 5.74) is 5.37. The van der Waals surface area contributed by atoms with Crippen LogP contribution in [-0.2, 0) is 9.59 Å². The number of primary amides is 1. The van der Waals surface area contributed by atoms with Gasteiger partial charge in [-0.25, -0.2) is 4.79 Å². The minimum atomic E-state index is -0.855. The van der Waals surface area contributed by atoms with Crippen molar-refractivity contribution in [1.29, 1.82) is 0 Å². The molecule has 158 valence electrons. The van der Waals surface area contributed by atoms with Crippen LogP contribution in [0, 0.1) is 5.41 Å². The molecule has 0 radical (unpaired) electrons. The van der Waals surface area contributed by atoms with Gasteiger partial charge in [-0.3, -0.25) is 14.9 Å². The SMILES string of the molecule is COc1c(Cl)cc(Cl)cc1C1CCN(C(=O)CCC2(C(=O)NC(N)=O)CC2)CC1. The number of carbonyl (C=O) groups excluding carboxylic acids is 3. The maximum Gasteiger partial charge on any atom is 0.318 e. The highest BCUT2D eigenvalue weighted by Gasteiger charge is 2.50. The molecule has 3 N–H and O–H groups in total. The van der Waals surface area contributed by atoms with Gasteiger partial charge in [-0.05, 0) is 50.2 Å². The van der Waals surface area contributed by atoms with Crippen molar-refractivity contribution < 1.29 is 19.1 Å². The minimum Gasteiger partial charge on any atom is -0.495 e. The fourth-order valence-electron chi connectivity index (χ4n) is 4.03. The lowest BCUT2D eigenvalue weighted by Gasteiger charge is -2.33. The van der Waals surface area contributed by atoms with Crippen molar-refractivity contribution in [3.05, 3.63) is 27.7 Å². The van der Waals surface area contributed by atoms with E-state index in [0.29, 0.717) is 48.1 Å². The minimum absolute atomic E-state index is 0.0256. The van der Waals surface area contributed by atoms with Crippen LogP contribution >= 0.6 is 23.2 Å². The predicted molar refractivity (Wildman–Crippen MR) is 110 cm³/mol. The van der Waals surface area contributed by atoms with E-state index in [2.05, 4.69) is 5.32 Å². The van der Waals surface area contributed by atoms with Crippen molar-refractivity contribution in [3.63, 3.8) is 0 Å². The van der Waals surface area contributed by atoms with Gasteiger partial charge in [0.05, 0.1) is 17.5 Å². The Kier molecular flexibility index (Phi) is 6.58. The number of piperidine rings is 1. The molecule has 0 spiro atoms. The quantitative estimate of drug-likeness (QED) is 0.705. The normalized spacial score (nSPS) is 18.2. The number of urea groups is 1. The van der Waals surface area contributed by atoms with E-state index in [9.17, 15) is 14.4 Å². The molecule has 2 aliphatic rings. The zero-order valence-corrected chi connectivity index (χ0v) is 17.8. The van der Waals surface area contributed by atoms with E-state index in [1.54, 1.807) is 13.2 Å². The summed E-state index contributed by atoms with van der Waals surface area (Å²) < 4.78 is 5.45. The molecule has 29 heavy (non-hydrogen) atoms. The van der Waals surface area contributed by atoms with Gasteiger partial charge in [-0.15, -0.1) is 0 Å². The highest BCUT2D eigenvalue weighted by atomic mass is 35.5. The van der Waals surface area contributed by atoms with Gasteiger partial charge in [-0.1, -0.05) is 23.2 Å². The molecule has 1 heterocycles. The smallest absolute Gasteiger partial charge is 0.318 e. The van der Waals surface area contributed by atoms with E-state index in [0.717, 1.165) is 18.4 Å². The Labute approximate surface area is 179 Å². The Morgan fingerprint density at radius 1 is 1.24 bits per heavy atom. The van der Waals surface area contributed by atoms with E-state index in [-0.39, 0.29) is 24.2 Å². The number of imide groups is 1. The molecule has 1 aromatic carbocycles. The van der Waals surface area contributed by atoms with Gasteiger partial charge in [0.2, 0.25) is 11.8 Å². The lowest BCUT2D eigenvalue weighted by atomic mass is 9.88. The van der Waals surface area contributed by atoms with Gasteiger partial charge in [0.25, 0.3) is 0 Å². The first-order chi connectivity index (χ1) is 13.8. The van der Waals surface area contributed by atoms with Crippen molar-refractivity contribution in [2.75, 3.05) is 20.2 Å². The molecule has 0 unspecified atom stereocenters. The van der Waals surface area contributed by atoms with Crippen molar-refractivity contribution in [1.82, 2.24) is 10.2 Å². The average molecular weight is 442 g/mol. The molecule has 1 saturated heterocycles. The van der Waals surface area contributed by atoms with E-state index < -0.39 is 11.4 Å². The van der Waals surface area contributed by atoms with Crippen LogP contribution in [0.15, 0.2) is 12.1 Å². The second-order valence-electron chi connectivity index (χ2n) is 7.76. The number of nitrogens with zero attached hydrogens (tertiary/aromatic N) is 1. The van der Waals surface area contributed by atoms with Crippen molar-refractivity contribution in [3.8, 4) is 5.75 Å². The lowest BCUT2D eigenvalue weighted by Crippen LogP contribution is -2.41. The molecule has 4 amide bonds. The van der Waals surface area contributed by atoms with Crippen molar-refractivity contribution >= 4 is 41.0 Å². The molecule has 1 aliphatic carbocycles. The van der Waals surface area contributed by atoms with E-state index >= 15 is 0 Å². The largest absolute Gasteiger partial charge is 0.495 e. The number of ether oxygens (including phenoxy) is 1. The maximum absolute atomic E-state index is 12.6. The Balaban J connectivity index is 1.54. The lowest BCUT2D eigenvalue weighted by molar-refractivity contribution is -0.133. The van der Waals surface area contributed by atoms with Gasteiger partial charge < -0.3 is 15.4 Å². The molecule has 0 aromatic heterocycles. The molecular weight excluding hydrogens is 417 g/mol. The van der Waals surface area contributed by atoms with Crippen LogP contribution in [0.25, 0.3) is 0 Å². The van der Waals surface area contributed by atoms with Crippen molar-refractivity contribution in [2.45, 2.75) is 44.4 Å². The van der Waals surface area contributed by atoms with E-state index in [1.165, 1.54) is 0 Å². The second kappa shape index (κ2) is 8.79. The molecular formula is C20H25Cl2N3O4. The Bertz CT molecular complexity index is 818. The number of rotatable bonds is 6. The molecule has 2 fully saturated rings. The second-order valence-corrected chi connectivity index (χ2v) is 8.61. The Morgan fingerprint density at radius 2 is 1.90 bits per heavy atom. The number of carbonyl (C=O) groups is 3. The van der Waals surface area contributed by atoms with Crippen LogP contribution in [0.2, 0.25) is 10.0 Å². The number of benzene rings is 1. The molecule has 0 bridgehead atoms. The Hall–Kier alpha value is -1.99. The van der Waals surface area contributed by atoms with Gasteiger partial charge in [0.15, 0.2) is 0 Å². The first-order valence-corrected chi connectivity index (χ1v) is 10.4. The Morgan fingerprint density at radius 3 is 2.45 bits per heavy atom. The third-order valence-corrected chi connectivity index (χ3v) is 6.42. The third kappa shape index (κ3) is 4.95. The molecule has 0 atom stereocenters. The zero-order valence-electron chi connectivity index (χ0n) is 16.3. The van der Waals surface area contributed by atoms with Crippen LogP contribution in [0.3, 0.4) is 0 Å². The number of likely N-dealkylation sites (tertiary alicyclic amines) is 1. The summed E-state index contributed by atoms with van der Waals surface area (Å²) in [4.78, 5) is 37.4. The van der Waals surface area contributed by atoms with Gasteiger partial charge >= 0.3 is 6.03 Å². The molecule has 1 aromatic rings. The van der Waals surface area contributed by atoms with Crippen LogP contribution < -0.4 is 15.8 Å². The number of halogens is 2. The molecule has 9 heteroatoms. The molecule has 1 saturated carbocycles. The van der Waals surface area contributed by atoms with Gasteiger partial charge in [0.1, 0.15) is 5.75 Å². The number of amides is 4. The van der Waals surface area contributed by atoms with Crippen LogP contribution in [-0.4, -0.2) is 42.9 Å². The van der Waals surface area contributed by atoms with Crippen LogP contribution in [0.1, 0.15) is 50.0 Å². The monoisotopic (exact) mass is 441 g/mol. The van der Waals surface area contributed by atoms with Crippen molar-refractivity contribution in [2.24, 2.45) is 11.1 Å². The maximum atomic E-state index is 12.6. The highest BCUT2D eigenvalue weighted by Crippen LogP contribution is 2.50. The number of hydrogen-bond donors (Lipinski definition) is 2. The molecule has 1 aliphatic heterocycles. The molecule has 3 rings (SSSR count). The summed E-state index contributed by atoms with van der Waals surface area (Å²) in [5, 5.41) is 3.18. The van der Waals surface area contributed by atoms with Crippen LogP contribution in [0.5, 0.6) is 5.75 Å². The fourth-order valence-corrected chi connectivity index (χ4v) is 4.62. The first kappa shape index (κ1) is 21.7. The summed E-state index contributed by atoms with van der Waals surface area (Å²) in [7, 11) is 1.58. The molecule has 7 nitrogen and oxygen atoms in total. The summed E-state index contributed by atoms with van der Waals surface area (Å²) in [5.74, 6) is 0.498. The number of nitrogens with one attached hydrogen (secondary N) is 1. The highest BCUT2D eigenvalue weighted by molar-refractivity contribution is 6.35. The average Bonchev–Trinajstić information content (AvgIpc) is 3.46. The summed E-state index contributed by atoms with van der Waals surface area (Å²) in [6.45, 7) is 1.24. The van der Waals surface area contributed by atoms with E-state index in [4.69, 9.17) is 33.7 Å². The third-order valence-electron chi connectivity index (χ3n) is 5.92. The topological polar surface area (TPSA) is 102 Å². The fraction of sp³-hybridized carbons (Fsp3) is 0.550.